The Morgan fingerprint density at radius 3 is 2.44 bits per heavy atom. The van der Waals surface area contributed by atoms with Gasteiger partial charge in [0.05, 0.1) is 0 Å². The highest BCUT2D eigenvalue weighted by Gasteiger charge is 2.15. The zero-order valence-electron chi connectivity index (χ0n) is 10.2. The summed E-state index contributed by atoms with van der Waals surface area (Å²) in [5, 5.41) is 0. The fourth-order valence-corrected chi connectivity index (χ4v) is 2.07. The Balaban J connectivity index is 2.32. The van der Waals surface area contributed by atoms with Crippen LogP contribution in [0.4, 0.5) is 5.69 Å². The van der Waals surface area contributed by atoms with Gasteiger partial charge in [0.2, 0.25) is 0 Å². The van der Waals surface area contributed by atoms with Crippen molar-refractivity contribution in [2.75, 3.05) is 11.4 Å². The van der Waals surface area contributed by atoms with Crippen LogP contribution in [0.5, 0.6) is 0 Å². The normalized spacial score (nSPS) is 10.1. The quantitative estimate of drug-likeness (QED) is 0.832. The maximum absolute atomic E-state index is 12.4. The Bertz CT molecular complexity index is 539. The molecule has 0 heterocycles. The molecule has 0 saturated heterocycles. The van der Waals surface area contributed by atoms with Gasteiger partial charge in [-0.2, -0.15) is 0 Å². The van der Waals surface area contributed by atoms with E-state index in [0.29, 0.717) is 12.1 Å². The molecule has 18 heavy (non-hydrogen) atoms. The number of carbonyl (C=O) groups is 1. The Kier molecular flexibility index (Phi) is 4.05. The first-order valence-electron chi connectivity index (χ1n) is 5.88. The maximum Gasteiger partial charge on any atom is 0.258 e. The van der Waals surface area contributed by atoms with E-state index in [1.807, 2.05) is 55.5 Å². The Morgan fingerprint density at radius 2 is 1.83 bits per heavy atom. The topological polar surface area (TPSA) is 20.3 Å². The molecule has 0 aliphatic carbocycles. The summed E-state index contributed by atoms with van der Waals surface area (Å²) in [6, 6.07) is 17.0. The van der Waals surface area contributed by atoms with Crippen LogP contribution in [0.1, 0.15) is 17.3 Å². The van der Waals surface area contributed by atoms with Crippen LogP contribution in [-0.2, 0) is 0 Å². The number of nitrogens with zero attached hydrogens (tertiary/aromatic N) is 1. The standard InChI is InChI=1S/C15H15NOS/c1-2-16(13-8-4-3-5-9-13)15(17)12-7-6-10-14(18)11-12/h3-11,18H,2H2,1H3. The second-order valence-electron chi connectivity index (χ2n) is 3.94. The summed E-state index contributed by atoms with van der Waals surface area (Å²) >= 11 is 4.26. The van der Waals surface area contributed by atoms with Crippen molar-refractivity contribution in [1.29, 1.82) is 0 Å². The monoisotopic (exact) mass is 257 g/mol. The van der Waals surface area contributed by atoms with Crippen LogP contribution < -0.4 is 4.90 Å². The first kappa shape index (κ1) is 12.7. The Hall–Kier alpha value is -1.74. The number of hydrogen-bond donors (Lipinski definition) is 1. The number of thiol groups is 1. The van der Waals surface area contributed by atoms with Gasteiger partial charge in [0.25, 0.3) is 5.91 Å². The molecule has 2 rings (SSSR count). The van der Waals surface area contributed by atoms with Crippen molar-refractivity contribution in [2.24, 2.45) is 0 Å². The molecular formula is C15H15NOS. The molecule has 0 aromatic heterocycles. The van der Waals surface area contributed by atoms with Crippen LogP contribution in [0, 0.1) is 0 Å². The fourth-order valence-electron chi connectivity index (χ4n) is 1.85. The van der Waals surface area contributed by atoms with E-state index in [2.05, 4.69) is 12.6 Å². The Labute approximate surface area is 113 Å². The molecule has 0 spiro atoms. The van der Waals surface area contributed by atoms with Crippen molar-refractivity contribution < 1.29 is 4.79 Å². The third-order valence-electron chi connectivity index (χ3n) is 2.72. The van der Waals surface area contributed by atoms with E-state index in [1.165, 1.54) is 0 Å². The van der Waals surface area contributed by atoms with Crippen LogP contribution >= 0.6 is 12.6 Å². The molecule has 2 nitrogen and oxygen atoms in total. The molecule has 2 aromatic rings. The minimum absolute atomic E-state index is 0.000370. The number of anilines is 1. The second kappa shape index (κ2) is 5.74. The first-order chi connectivity index (χ1) is 8.72. The highest BCUT2D eigenvalue weighted by Crippen LogP contribution is 2.18. The van der Waals surface area contributed by atoms with E-state index in [4.69, 9.17) is 0 Å². The highest BCUT2D eigenvalue weighted by atomic mass is 32.1. The summed E-state index contributed by atoms with van der Waals surface area (Å²) in [5.74, 6) is -0.000370. The van der Waals surface area contributed by atoms with Gasteiger partial charge in [0.1, 0.15) is 0 Å². The van der Waals surface area contributed by atoms with Gasteiger partial charge in [-0.15, -0.1) is 12.6 Å². The average Bonchev–Trinajstić information content (AvgIpc) is 2.41. The highest BCUT2D eigenvalue weighted by molar-refractivity contribution is 7.80. The first-order valence-corrected chi connectivity index (χ1v) is 6.33. The second-order valence-corrected chi connectivity index (χ2v) is 4.45. The number of amides is 1. The molecule has 3 heteroatoms. The van der Waals surface area contributed by atoms with E-state index >= 15 is 0 Å². The van der Waals surface area contributed by atoms with Gasteiger partial charge >= 0.3 is 0 Å². The van der Waals surface area contributed by atoms with Crippen LogP contribution in [0.2, 0.25) is 0 Å². The van der Waals surface area contributed by atoms with Crippen molar-refractivity contribution in [1.82, 2.24) is 0 Å². The molecule has 0 N–H and O–H groups in total. The molecular weight excluding hydrogens is 242 g/mol. The molecule has 0 saturated carbocycles. The van der Waals surface area contributed by atoms with Gasteiger partial charge in [-0.25, -0.2) is 0 Å². The molecule has 0 unspecified atom stereocenters. The zero-order chi connectivity index (χ0) is 13.0. The lowest BCUT2D eigenvalue weighted by molar-refractivity contribution is 0.0988. The van der Waals surface area contributed by atoms with Crippen LogP contribution in [0.15, 0.2) is 59.5 Å². The lowest BCUT2D eigenvalue weighted by Gasteiger charge is -2.21. The molecule has 0 aliphatic heterocycles. The average molecular weight is 257 g/mol. The van der Waals surface area contributed by atoms with Gasteiger partial charge in [0.15, 0.2) is 0 Å². The van der Waals surface area contributed by atoms with Crippen LogP contribution in [-0.4, -0.2) is 12.5 Å². The van der Waals surface area contributed by atoms with Crippen molar-refractivity contribution in [3.63, 3.8) is 0 Å². The summed E-state index contributed by atoms with van der Waals surface area (Å²) in [4.78, 5) is 15.0. The van der Waals surface area contributed by atoms with Gasteiger partial charge < -0.3 is 4.90 Å². The van der Waals surface area contributed by atoms with Gasteiger partial charge in [-0.1, -0.05) is 24.3 Å². The van der Waals surface area contributed by atoms with E-state index < -0.39 is 0 Å². The third kappa shape index (κ3) is 2.74. The maximum atomic E-state index is 12.4. The molecule has 0 aliphatic rings. The summed E-state index contributed by atoms with van der Waals surface area (Å²) in [6.45, 7) is 2.61. The summed E-state index contributed by atoms with van der Waals surface area (Å²) in [5.41, 5.74) is 1.57. The smallest absolute Gasteiger partial charge is 0.258 e. The van der Waals surface area contributed by atoms with Crippen LogP contribution in [0.3, 0.4) is 0 Å². The van der Waals surface area contributed by atoms with E-state index in [-0.39, 0.29) is 5.91 Å². The van der Waals surface area contributed by atoms with Crippen molar-refractivity contribution in [3.8, 4) is 0 Å². The molecule has 92 valence electrons. The summed E-state index contributed by atoms with van der Waals surface area (Å²) < 4.78 is 0. The minimum atomic E-state index is -0.000370. The molecule has 0 bridgehead atoms. The number of para-hydroxylation sites is 1. The fraction of sp³-hybridized carbons (Fsp3) is 0.133. The van der Waals surface area contributed by atoms with E-state index in [1.54, 1.807) is 11.0 Å². The lowest BCUT2D eigenvalue weighted by Crippen LogP contribution is -2.30. The third-order valence-corrected chi connectivity index (χ3v) is 3.00. The van der Waals surface area contributed by atoms with Crippen LogP contribution in [0.25, 0.3) is 0 Å². The summed E-state index contributed by atoms with van der Waals surface area (Å²) in [6.07, 6.45) is 0. The van der Waals surface area contributed by atoms with Crippen molar-refractivity contribution in [2.45, 2.75) is 11.8 Å². The SMILES string of the molecule is CCN(C(=O)c1cccc(S)c1)c1ccccc1. The van der Waals surface area contributed by atoms with E-state index in [9.17, 15) is 4.79 Å². The van der Waals surface area contributed by atoms with E-state index in [0.717, 1.165) is 10.6 Å². The largest absolute Gasteiger partial charge is 0.309 e. The minimum Gasteiger partial charge on any atom is -0.309 e. The molecule has 2 aromatic carbocycles. The van der Waals surface area contributed by atoms with Crippen molar-refractivity contribution >= 4 is 24.2 Å². The van der Waals surface area contributed by atoms with Gasteiger partial charge in [-0.3, -0.25) is 4.79 Å². The molecule has 0 atom stereocenters. The van der Waals surface area contributed by atoms with Crippen molar-refractivity contribution in [3.05, 3.63) is 60.2 Å². The number of carbonyl (C=O) groups excluding carboxylic acids is 1. The number of rotatable bonds is 3. The predicted molar refractivity (Wildman–Crippen MR) is 77.5 cm³/mol. The lowest BCUT2D eigenvalue weighted by atomic mass is 10.2. The molecule has 0 radical (unpaired) electrons. The Morgan fingerprint density at radius 1 is 1.11 bits per heavy atom. The number of hydrogen-bond acceptors (Lipinski definition) is 2. The zero-order valence-corrected chi connectivity index (χ0v) is 11.1. The number of benzene rings is 2. The summed E-state index contributed by atoms with van der Waals surface area (Å²) in [7, 11) is 0. The van der Waals surface area contributed by atoms with Gasteiger partial charge in [0, 0.05) is 22.7 Å². The predicted octanol–water partition coefficient (Wildman–Crippen LogP) is 3.64. The van der Waals surface area contributed by atoms with Gasteiger partial charge in [-0.05, 0) is 37.3 Å². The molecule has 0 fully saturated rings. The molecule has 1 amide bonds.